The fourth-order valence-corrected chi connectivity index (χ4v) is 3.05. The molecule has 0 amide bonds. The Labute approximate surface area is 119 Å². The quantitative estimate of drug-likeness (QED) is 0.616. The number of aryl methyl sites for hydroxylation is 1. The zero-order valence-corrected chi connectivity index (χ0v) is 12.6. The molecule has 1 rings (SSSR count). The molecule has 0 saturated carbocycles. The van der Waals surface area contributed by atoms with Crippen molar-refractivity contribution in [1.29, 1.82) is 5.26 Å². The molecule has 18 heavy (non-hydrogen) atoms. The van der Waals surface area contributed by atoms with Crippen LogP contribution in [0.2, 0.25) is 0 Å². The van der Waals surface area contributed by atoms with E-state index in [0.717, 1.165) is 23.9 Å². The minimum Gasteiger partial charge on any atom is -0.465 e. The summed E-state index contributed by atoms with van der Waals surface area (Å²) in [6, 6.07) is 4.12. The summed E-state index contributed by atoms with van der Waals surface area (Å²) in [6.07, 6.45) is 1.83. The van der Waals surface area contributed by atoms with Crippen LogP contribution in [-0.2, 0) is 16.0 Å². The molecule has 6 heteroatoms. The lowest BCUT2D eigenvalue weighted by Crippen LogP contribution is -2.25. The molecule has 0 aliphatic rings. The lowest BCUT2D eigenvalue weighted by atomic mass is 10.2. The molecule has 0 fully saturated rings. The number of thiophene rings is 1. The minimum atomic E-state index is -0.219. The van der Waals surface area contributed by atoms with Gasteiger partial charge in [-0.25, -0.2) is 0 Å². The highest BCUT2D eigenvalue weighted by molar-refractivity contribution is 9.10. The Bertz CT molecular complexity index is 440. The zero-order valence-electron chi connectivity index (χ0n) is 10.2. The summed E-state index contributed by atoms with van der Waals surface area (Å²) in [5, 5.41) is 11.8. The topological polar surface area (TPSA) is 62.1 Å². The highest BCUT2D eigenvalue weighted by atomic mass is 79.9. The number of hydrogen-bond acceptors (Lipinski definition) is 5. The van der Waals surface area contributed by atoms with E-state index >= 15 is 0 Å². The van der Waals surface area contributed by atoms with Gasteiger partial charge in [-0.1, -0.05) is 0 Å². The summed E-state index contributed by atoms with van der Waals surface area (Å²) in [5.41, 5.74) is 0. The number of nitriles is 1. The van der Waals surface area contributed by atoms with E-state index in [9.17, 15) is 4.79 Å². The van der Waals surface area contributed by atoms with Gasteiger partial charge in [0, 0.05) is 9.35 Å². The Morgan fingerprint density at radius 1 is 1.67 bits per heavy atom. The predicted octanol–water partition coefficient (Wildman–Crippen LogP) is 2.47. The molecular formula is C12H15BrN2O2S. The fraction of sp³-hybridized carbons (Fsp3) is 0.500. The van der Waals surface area contributed by atoms with Crippen LogP contribution in [0.15, 0.2) is 10.5 Å². The molecule has 0 aliphatic carbocycles. The largest absolute Gasteiger partial charge is 0.465 e. The second kappa shape index (κ2) is 8.25. The number of carbonyl (C=O) groups is 1. The predicted molar refractivity (Wildman–Crippen MR) is 74.6 cm³/mol. The van der Waals surface area contributed by atoms with Crippen LogP contribution in [0.5, 0.6) is 0 Å². The van der Waals surface area contributed by atoms with Crippen molar-refractivity contribution < 1.29 is 9.53 Å². The highest BCUT2D eigenvalue weighted by Gasteiger charge is 2.06. The first kappa shape index (κ1) is 15.2. The van der Waals surface area contributed by atoms with E-state index in [-0.39, 0.29) is 12.5 Å². The van der Waals surface area contributed by atoms with Crippen LogP contribution >= 0.6 is 27.3 Å². The van der Waals surface area contributed by atoms with Gasteiger partial charge in [0.1, 0.15) is 10.9 Å². The van der Waals surface area contributed by atoms with Crippen LogP contribution < -0.4 is 5.32 Å². The van der Waals surface area contributed by atoms with Gasteiger partial charge in [-0.2, -0.15) is 5.26 Å². The van der Waals surface area contributed by atoms with E-state index in [1.165, 1.54) is 16.2 Å². The maximum absolute atomic E-state index is 11.0. The molecule has 0 radical (unpaired) electrons. The number of halogens is 1. The number of nitrogens with zero attached hydrogens (tertiary/aromatic N) is 1. The van der Waals surface area contributed by atoms with Crippen LogP contribution in [0, 0.1) is 11.3 Å². The smallest absolute Gasteiger partial charge is 0.319 e. The molecule has 1 N–H and O–H groups in total. The minimum absolute atomic E-state index is 0.219. The average Bonchev–Trinajstić information content (AvgIpc) is 2.69. The number of esters is 1. The Kier molecular flexibility index (Phi) is 6.94. The van der Waals surface area contributed by atoms with Crippen LogP contribution in [0.1, 0.15) is 23.1 Å². The summed E-state index contributed by atoms with van der Waals surface area (Å²) in [5.74, 6) is -0.219. The molecule has 1 aromatic rings. The second-order valence-corrected chi connectivity index (χ2v) is 5.58. The van der Waals surface area contributed by atoms with Gasteiger partial charge in [0.15, 0.2) is 0 Å². The fourth-order valence-electron chi connectivity index (χ4n) is 1.41. The highest BCUT2D eigenvalue weighted by Crippen LogP contribution is 2.27. The molecule has 1 aromatic heterocycles. The summed E-state index contributed by atoms with van der Waals surface area (Å²) in [4.78, 5) is 12.9. The Morgan fingerprint density at radius 3 is 3.06 bits per heavy atom. The monoisotopic (exact) mass is 330 g/mol. The Hall–Kier alpha value is -0.900. The van der Waals surface area contributed by atoms with Crippen molar-refractivity contribution in [1.82, 2.24) is 5.32 Å². The number of carbonyl (C=O) groups excluding carboxylic acids is 1. The lowest BCUT2D eigenvalue weighted by Gasteiger charge is -2.03. The number of ether oxygens (including phenoxy) is 1. The van der Waals surface area contributed by atoms with Crippen LogP contribution in [0.3, 0.4) is 0 Å². The first-order valence-corrected chi connectivity index (χ1v) is 7.33. The third-order valence-corrected chi connectivity index (χ3v) is 4.18. The summed E-state index contributed by atoms with van der Waals surface area (Å²) >= 11 is 4.85. The van der Waals surface area contributed by atoms with Crippen molar-refractivity contribution >= 4 is 33.2 Å². The molecule has 0 spiro atoms. The molecule has 0 saturated heterocycles. The maximum Gasteiger partial charge on any atom is 0.319 e. The van der Waals surface area contributed by atoms with Crippen molar-refractivity contribution in [2.24, 2.45) is 0 Å². The first-order chi connectivity index (χ1) is 8.67. The summed E-state index contributed by atoms with van der Waals surface area (Å²) in [6.45, 7) is 3.22. The van der Waals surface area contributed by atoms with Crippen LogP contribution in [0.25, 0.3) is 0 Å². The van der Waals surface area contributed by atoms with E-state index in [2.05, 4.69) is 27.3 Å². The lowest BCUT2D eigenvalue weighted by molar-refractivity contribution is -0.141. The van der Waals surface area contributed by atoms with E-state index in [4.69, 9.17) is 10.00 Å². The molecule has 0 bridgehead atoms. The summed E-state index contributed by atoms with van der Waals surface area (Å²) < 4.78 is 5.66. The van der Waals surface area contributed by atoms with Gasteiger partial charge < -0.3 is 10.1 Å². The van der Waals surface area contributed by atoms with E-state index in [0.29, 0.717) is 11.5 Å². The molecular weight excluding hydrogens is 316 g/mol. The third-order valence-electron chi connectivity index (χ3n) is 2.19. The van der Waals surface area contributed by atoms with E-state index < -0.39 is 0 Å². The van der Waals surface area contributed by atoms with Gasteiger partial charge in [0.05, 0.1) is 13.2 Å². The van der Waals surface area contributed by atoms with E-state index in [1.54, 1.807) is 6.92 Å². The van der Waals surface area contributed by atoms with Gasteiger partial charge in [0.25, 0.3) is 0 Å². The number of nitrogens with one attached hydrogen (secondary N) is 1. The van der Waals surface area contributed by atoms with Gasteiger partial charge in [0.2, 0.25) is 0 Å². The van der Waals surface area contributed by atoms with E-state index in [1.807, 2.05) is 6.07 Å². The number of rotatable bonds is 7. The third kappa shape index (κ3) is 5.17. The standard InChI is InChI=1S/C12H15BrN2O2S/c1-2-17-12(16)8-15-5-3-4-9-6-10(13)11(7-14)18-9/h6,15H,2-5,8H2,1H3. The number of hydrogen-bond donors (Lipinski definition) is 1. The van der Waals surface area contributed by atoms with Crippen molar-refractivity contribution in [2.75, 3.05) is 19.7 Å². The molecule has 4 nitrogen and oxygen atoms in total. The van der Waals surface area contributed by atoms with Crippen molar-refractivity contribution in [3.63, 3.8) is 0 Å². The Balaban J connectivity index is 2.18. The molecule has 0 unspecified atom stereocenters. The van der Waals surface area contributed by atoms with Gasteiger partial charge in [-0.05, 0) is 48.3 Å². The van der Waals surface area contributed by atoms with Crippen molar-refractivity contribution in [3.8, 4) is 6.07 Å². The molecule has 98 valence electrons. The SMILES string of the molecule is CCOC(=O)CNCCCc1cc(Br)c(C#N)s1. The normalized spacial score (nSPS) is 10.1. The summed E-state index contributed by atoms with van der Waals surface area (Å²) in [7, 11) is 0. The van der Waals surface area contributed by atoms with Gasteiger partial charge >= 0.3 is 5.97 Å². The molecule has 1 heterocycles. The molecule has 0 atom stereocenters. The first-order valence-electron chi connectivity index (χ1n) is 5.72. The van der Waals surface area contributed by atoms with Crippen molar-refractivity contribution in [2.45, 2.75) is 19.8 Å². The molecule has 0 aromatic carbocycles. The van der Waals surface area contributed by atoms with Gasteiger partial charge in [-0.15, -0.1) is 11.3 Å². The Morgan fingerprint density at radius 2 is 2.44 bits per heavy atom. The second-order valence-electron chi connectivity index (χ2n) is 3.59. The van der Waals surface area contributed by atoms with Gasteiger partial charge in [-0.3, -0.25) is 4.79 Å². The maximum atomic E-state index is 11.0. The molecule has 0 aliphatic heterocycles. The zero-order chi connectivity index (χ0) is 13.4. The van der Waals surface area contributed by atoms with Crippen molar-refractivity contribution in [3.05, 3.63) is 20.3 Å². The average molecular weight is 331 g/mol. The van der Waals surface area contributed by atoms with Crippen LogP contribution in [0.4, 0.5) is 0 Å². The van der Waals surface area contributed by atoms with Crippen LogP contribution in [-0.4, -0.2) is 25.7 Å².